The summed E-state index contributed by atoms with van der Waals surface area (Å²) in [5, 5.41) is 1.86. The molecule has 5 heteroatoms. The number of carbonyl (C=O) groups is 2. The zero-order valence-corrected chi connectivity index (χ0v) is 17.0. The molecule has 5 nitrogen and oxygen atoms in total. The molecule has 1 aromatic rings. The van der Waals surface area contributed by atoms with Gasteiger partial charge in [0.05, 0.1) is 16.6 Å². The Labute approximate surface area is 162 Å². The number of piperidine rings is 1. The van der Waals surface area contributed by atoms with Gasteiger partial charge >= 0.3 is 5.97 Å². The van der Waals surface area contributed by atoms with Gasteiger partial charge < -0.3 is 9.74 Å². The van der Waals surface area contributed by atoms with Gasteiger partial charge in [-0.05, 0) is 65.5 Å². The fourth-order valence-corrected chi connectivity index (χ4v) is 4.78. The molecule has 148 valence electrons. The molecular weight excluding hydrogens is 340 g/mol. The minimum atomic E-state index is -0.358. The molecule has 0 radical (unpaired) electrons. The lowest BCUT2D eigenvalue weighted by molar-refractivity contribution is -0.250. The summed E-state index contributed by atoms with van der Waals surface area (Å²) in [5.74, 6) is -0.0557. The minimum Gasteiger partial charge on any atom is -0.363 e. The molecule has 0 bridgehead atoms. The molecule has 1 amide bonds. The summed E-state index contributed by atoms with van der Waals surface area (Å²) < 4.78 is 0. The second-order valence-electron chi connectivity index (χ2n) is 9.12. The van der Waals surface area contributed by atoms with Crippen LogP contribution in [0.1, 0.15) is 76.6 Å². The zero-order valence-electron chi connectivity index (χ0n) is 17.0. The van der Waals surface area contributed by atoms with Gasteiger partial charge in [-0.25, -0.2) is 4.79 Å². The SMILES string of the molecule is CC1(C)CC(N2CCCCCC2=O)CC(C)(C)N1OC(=O)c1ccccc1. The Morgan fingerprint density at radius 3 is 2.26 bits per heavy atom. The van der Waals surface area contributed by atoms with E-state index in [0.29, 0.717) is 12.0 Å². The van der Waals surface area contributed by atoms with Crippen molar-refractivity contribution in [3.05, 3.63) is 35.9 Å². The molecule has 0 spiro atoms. The van der Waals surface area contributed by atoms with Crippen molar-refractivity contribution in [3.8, 4) is 0 Å². The van der Waals surface area contributed by atoms with Crippen LogP contribution in [0.15, 0.2) is 30.3 Å². The molecule has 3 rings (SSSR count). The number of nitrogens with zero attached hydrogens (tertiary/aromatic N) is 2. The van der Waals surface area contributed by atoms with Crippen LogP contribution in [0.25, 0.3) is 0 Å². The third-order valence-corrected chi connectivity index (χ3v) is 5.80. The monoisotopic (exact) mass is 372 g/mol. The number of hydroxylamine groups is 2. The van der Waals surface area contributed by atoms with E-state index in [9.17, 15) is 9.59 Å². The molecule has 2 saturated heterocycles. The lowest BCUT2D eigenvalue weighted by Crippen LogP contribution is -2.64. The molecule has 0 atom stereocenters. The quantitative estimate of drug-likeness (QED) is 0.798. The molecule has 1 aromatic carbocycles. The average molecular weight is 373 g/mol. The third-order valence-electron chi connectivity index (χ3n) is 5.80. The Bertz CT molecular complexity index is 666. The summed E-state index contributed by atoms with van der Waals surface area (Å²) in [6.45, 7) is 9.24. The maximum atomic E-state index is 12.6. The van der Waals surface area contributed by atoms with E-state index in [0.717, 1.165) is 38.6 Å². The van der Waals surface area contributed by atoms with Crippen LogP contribution in [0.3, 0.4) is 0 Å². The van der Waals surface area contributed by atoms with E-state index in [2.05, 4.69) is 32.6 Å². The lowest BCUT2D eigenvalue weighted by Gasteiger charge is -2.54. The highest BCUT2D eigenvalue weighted by atomic mass is 16.7. The van der Waals surface area contributed by atoms with Gasteiger partial charge in [0.1, 0.15) is 0 Å². The highest BCUT2D eigenvalue weighted by Crippen LogP contribution is 2.41. The molecule has 2 aliphatic rings. The molecule has 2 fully saturated rings. The number of carbonyl (C=O) groups excluding carboxylic acids is 2. The number of benzene rings is 1. The van der Waals surface area contributed by atoms with Crippen molar-refractivity contribution >= 4 is 11.9 Å². The first kappa shape index (κ1) is 19.9. The van der Waals surface area contributed by atoms with Gasteiger partial charge in [0.25, 0.3) is 0 Å². The summed E-state index contributed by atoms with van der Waals surface area (Å²) in [7, 11) is 0. The molecule has 0 aromatic heterocycles. The van der Waals surface area contributed by atoms with Crippen LogP contribution in [0.5, 0.6) is 0 Å². The summed E-state index contributed by atoms with van der Waals surface area (Å²) in [4.78, 5) is 33.2. The Kier molecular flexibility index (Phi) is 5.61. The van der Waals surface area contributed by atoms with E-state index in [1.165, 1.54) is 0 Å². The first-order chi connectivity index (χ1) is 12.7. The smallest absolute Gasteiger partial charge is 0.357 e. The van der Waals surface area contributed by atoms with E-state index >= 15 is 0 Å². The van der Waals surface area contributed by atoms with Gasteiger partial charge in [-0.2, -0.15) is 0 Å². The van der Waals surface area contributed by atoms with Gasteiger partial charge in [-0.3, -0.25) is 4.79 Å². The van der Waals surface area contributed by atoms with E-state index in [1.54, 1.807) is 12.1 Å². The second kappa shape index (κ2) is 7.63. The molecule has 27 heavy (non-hydrogen) atoms. The van der Waals surface area contributed by atoms with Gasteiger partial charge in [0.15, 0.2) is 0 Å². The number of hydrogen-bond acceptors (Lipinski definition) is 4. The van der Waals surface area contributed by atoms with Crippen molar-refractivity contribution in [2.75, 3.05) is 6.54 Å². The van der Waals surface area contributed by atoms with Crippen LogP contribution >= 0.6 is 0 Å². The standard InChI is InChI=1S/C22H32N2O3/c1-21(2)15-18(23-14-10-6-9-13-19(23)25)16-22(3,4)24(21)27-20(26)17-11-7-5-8-12-17/h5,7-8,11-12,18H,6,9-10,13-16H2,1-4H3. The van der Waals surface area contributed by atoms with Gasteiger partial charge in [-0.15, -0.1) is 5.06 Å². The third kappa shape index (κ3) is 4.34. The van der Waals surface area contributed by atoms with Crippen LogP contribution in [0.2, 0.25) is 0 Å². The average Bonchev–Trinajstić information content (AvgIpc) is 2.82. The van der Waals surface area contributed by atoms with Crippen LogP contribution in [0.4, 0.5) is 0 Å². The highest BCUT2D eigenvalue weighted by molar-refractivity contribution is 5.89. The van der Waals surface area contributed by atoms with Crippen molar-refractivity contribution in [3.63, 3.8) is 0 Å². The van der Waals surface area contributed by atoms with E-state index < -0.39 is 0 Å². The molecule has 0 aliphatic carbocycles. The van der Waals surface area contributed by atoms with E-state index in [1.807, 2.05) is 23.3 Å². The van der Waals surface area contributed by atoms with Crippen molar-refractivity contribution in [1.29, 1.82) is 0 Å². The van der Waals surface area contributed by atoms with Crippen LogP contribution in [0, 0.1) is 0 Å². The first-order valence-electron chi connectivity index (χ1n) is 10.1. The van der Waals surface area contributed by atoms with Crippen molar-refractivity contribution < 1.29 is 14.4 Å². The molecule has 0 N–H and O–H groups in total. The number of likely N-dealkylation sites (tertiary alicyclic amines) is 1. The molecular formula is C22H32N2O3. The molecule has 0 saturated carbocycles. The zero-order chi connectivity index (χ0) is 19.7. The normalized spacial score (nSPS) is 23.7. The van der Waals surface area contributed by atoms with Crippen LogP contribution in [-0.4, -0.2) is 45.5 Å². The molecule has 0 unspecified atom stereocenters. The Hall–Kier alpha value is -1.88. The Balaban J connectivity index is 1.78. The first-order valence-corrected chi connectivity index (χ1v) is 10.1. The predicted molar refractivity (Wildman–Crippen MR) is 105 cm³/mol. The van der Waals surface area contributed by atoms with Gasteiger partial charge in [-0.1, -0.05) is 24.6 Å². The van der Waals surface area contributed by atoms with Gasteiger partial charge in [0.2, 0.25) is 5.91 Å². The van der Waals surface area contributed by atoms with Gasteiger partial charge in [0, 0.05) is 19.0 Å². The van der Waals surface area contributed by atoms with Crippen molar-refractivity contribution in [2.24, 2.45) is 0 Å². The fraction of sp³-hybridized carbons (Fsp3) is 0.636. The minimum absolute atomic E-state index is 0.187. The largest absolute Gasteiger partial charge is 0.363 e. The van der Waals surface area contributed by atoms with Crippen molar-refractivity contribution in [2.45, 2.75) is 83.3 Å². The number of rotatable bonds is 3. The molecule has 2 aliphatic heterocycles. The Morgan fingerprint density at radius 1 is 1.00 bits per heavy atom. The lowest BCUT2D eigenvalue weighted by atomic mass is 9.78. The van der Waals surface area contributed by atoms with Crippen molar-refractivity contribution in [1.82, 2.24) is 9.96 Å². The van der Waals surface area contributed by atoms with Crippen LogP contribution < -0.4 is 0 Å². The maximum Gasteiger partial charge on any atom is 0.357 e. The van der Waals surface area contributed by atoms with Crippen LogP contribution in [-0.2, 0) is 9.63 Å². The summed E-state index contributed by atoms with van der Waals surface area (Å²) >= 11 is 0. The number of amides is 1. The Morgan fingerprint density at radius 2 is 1.63 bits per heavy atom. The second-order valence-corrected chi connectivity index (χ2v) is 9.12. The fourth-order valence-electron chi connectivity index (χ4n) is 4.78. The molecule has 2 heterocycles. The van der Waals surface area contributed by atoms with E-state index in [-0.39, 0.29) is 29.0 Å². The summed E-state index contributed by atoms with van der Waals surface area (Å²) in [6.07, 6.45) is 5.45. The highest BCUT2D eigenvalue weighted by Gasteiger charge is 2.50. The summed E-state index contributed by atoms with van der Waals surface area (Å²) in [5.41, 5.74) is -0.165. The maximum absolute atomic E-state index is 12.6. The number of hydrogen-bond donors (Lipinski definition) is 0. The van der Waals surface area contributed by atoms with E-state index in [4.69, 9.17) is 4.84 Å². The summed E-state index contributed by atoms with van der Waals surface area (Å²) in [6, 6.07) is 9.28. The topological polar surface area (TPSA) is 49.9 Å². The predicted octanol–water partition coefficient (Wildman–Crippen LogP) is 4.18.